The van der Waals surface area contributed by atoms with Gasteiger partial charge in [-0.05, 0) is 36.3 Å². The van der Waals surface area contributed by atoms with Crippen molar-refractivity contribution in [2.45, 2.75) is 24.6 Å². The van der Waals surface area contributed by atoms with Crippen LogP contribution in [0.2, 0.25) is 0 Å². The molecule has 1 aromatic carbocycles. The van der Waals surface area contributed by atoms with E-state index in [4.69, 9.17) is 4.74 Å². The van der Waals surface area contributed by atoms with Crippen molar-refractivity contribution in [3.8, 4) is 0 Å². The summed E-state index contributed by atoms with van der Waals surface area (Å²) in [6.07, 6.45) is 3.80. The number of rotatable bonds is 2. The maximum atomic E-state index is 5.52. The highest BCUT2D eigenvalue weighted by Gasteiger charge is 2.39. The van der Waals surface area contributed by atoms with E-state index in [-0.39, 0.29) is 0 Å². The summed E-state index contributed by atoms with van der Waals surface area (Å²) in [6, 6.07) is 8.75. The minimum Gasteiger partial charge on any atom is -0.381 e. The van der Waals surface area contributed by atoms with E-state index in [0.29, 0.717) is 5.41 Å². The van der Waals surface area contributed by atoms with Gasteiger partial charge in [0.05, 0.1) is 0 Å². The summed E-state index contributed by atoms with van der Waals surface area (Å²) >= 11 is 3.60. The van der Waals surface area contributed by atoms with Gasteiger partial charge in [0.2, 0.25) is 0 Å². The minimum atomic E-state index is 0.525. The molecule has 0 amide bonds. The number of ether oxygens (including phenoxy) is 1. The van der Waals surface area contributed by atoms with Crippen molar-refractivity contribution < 1.29 is 4.74 Å². The molecule has 1 spiro atoms. The fourth-order valence-corrected chi connectivity index (χ4v) is 3.76. The predicted octanol–water partition coefficient (Wildman–Crippen LogP) is 3.59. The molecule has 2 heterocycles. The number of halogens is 1. The zero-order valence-corrected chi connectivity index (χ0v) is 12.3. The maximum Gasteiger partial charge on any atom is 0.0472 e. The molecule has 0 saturated carbocycles. The molecule has 3 heteroatoms. The summed E-state index contributed by atoms with van der Waals surface area (Å²) in [6.45, 7) is 4.31. The Balaban J connectivity index is 1.78. The van der Waals surface area contributed by atoms with Crippen molar-refractivity contribution in [2.24, 2.45) is 5.41 Å². The first-order valence-corrected chi connectivity index (χ1v) is 7.92. The smallest absolute Gasteiger partial charge is 0.0472 e. The number of hydrogen-bond donors (Lipinski definition) is 0. The largest absolute Gasteiger partial charge is 0.381 e. The molecule has 2 saturated heterocycles. The molecule has 18 heavy (non-hydrogen) atoms. The molecule has 98 valence electrons. The van der Waals surface area contributed by atoms with Crippen LogP contribution in [0.5, 0.6) is 0 Å². The third-order valence-electron chi connectivity index (χ3n) is 4.47. The molecule has 2 nitrogen and oxygen atoms in total. The molecule has 2 aliphatic heterocycles. The Bertz CT molecular complexity index is 415. The molecule has 0 aromatic heterocycles. The lowest BCUT2D eigenvalue weighted by molar-refractivity contribution is 0.0254. The number of nitrogens with zero attached hydrogens (tertiary/aromatic N) is 1. The number of alkyl halides is 1. The van der Waals surface area contributed by atoms with Gasteiger partial charge in [-0.2, -0.15) is 0 Å². The van der Waals surface area contributed by atoms with Gasteiger partial charge in [-0.25, -0.2) is 0 Å². The Kier molecular flexibility index (Phi) is 3.62. The monoisotopic (exact) mass is 309 g/mol. The van der Waals surface area contributed by atoms with E-state index >= 15 is 0 Å². The lowest BCUT2D eigenvalue weighted by Gasteiger charge is -2.33. The Hall–Kier alpha value is -0.540. The van der Waals surface area contributed by atoms with Gasteiger partial charge < -0.3 is 9.64 Å². The first kappa shape index (κ1) is 12.5. The SMILES string of the molecule is BrCc1ccccc1N1CCC2(CCOCC2)C1. The van der Waals surface area contributed by atoms with Crippen LogP contribution in [0.3, 0.4) is 0 Å². The van der Waals surface area contributed by atoms with Crippen LogP contribution in [-0.4, -0.2) is 26.3 Å². The average molecular weight is 310 g/mol. The molecular weight excluding hydrogens is 290 g/mol. The highest BCUT2D eigenvalue weighted by Crippen LogP contribution is 2.42. The second kappa shape index (κ2) is 5.22. The van der Waals surface area contributed by atoms with Crippen LogP contribution in [0, 0.1) is 5.41 Å². The molecule has 0 unspecified atom stereocenters. The van der Waals surface area contributed by atoms with Crippen LogP contribution < -0.4 is 4.90 Å². The fraction of sp³-hybridized carbons (Fsp3) is 0.600. The van der Waals surface area contributed by atoms with Gasteiger partial charge in [0.15, 0.2) is 0 Å². The van der Waals surface area contributed by atoms with Gasteiger partial charge in [-0.3, -0.25) is 0 Å². The molecule has 0 N–H and O–H groups in total. The topological polar surface area (TPSA) is 12.5 Å². The van der Waals surface area contributed by atoms with Gasteiger partial charge in [0.1, 0.15) is 0 Å². The summed E-state index contributed by atoms with van der Waals surface area (Å²) in [7, 11) is 0. The minimum absolute atomic E-state index is 0.525. The maximum absolute atomic E-state index is 5.52. The highest BCUT2D eigenvalue weighted by atomic mass is 79.9. The van der Waals surface area contributed by atoms with Crippen molar-refractivity contribution in [2.75, 3.05) is 31.2 Å². The average Bonchev–Trinajstić information content (AvgIpc) is 2.83. The van der Waals surface area contributed by atoms with E-state index in [2.05, 4.69) is 45.1 Å². The number of hydrogen-bond acceptors (Lipinski definition) is 2. The number of anilines is 1. The first-order valence-electron chi connectivity index (χ1n) is 6.80. The predicted molar refractivity (Wildman–Crippen MR) is 78.4 cm³/mol. The molecule has 0 aliphatic carbocycles. The quantitative estimate of drug-likeness (QED) is 0.774. The first-order chi connectivity index (χ1) is 8.83. The van der Waals surface area contributed by atoms with Crippen LogP contribution in [0.1, 0.15) is 24.8 Å². The molecule has 3 rings (SSSR count). The Labute approximate surface area is 117 Å². The van der Waals surface area contributed by atoms with Crippen molar-refractivity contribution in [1.29, 1.82) is 0 Å². The molecule has 1 aromatic rings. The zero-order valence-electron chi connectivity index (χ0n) is 10.7. The van der Waals surface area contributed by atoms with Crippen molar-refractivity contribution >= 4 is 21.6 Å². The third-order valence-corrected chi connectivity index (χ3v) is 5.07. The summed E-state index contributed by atoms with van der Waals surface area (Å²) in [5, 5.41) is 0.940. The molecule has 2 fully saturated rings. The Morgan fingerprint density at radius 3 is 2.72 bits per heavy atom. The third kappa shape index (κ3) is 2.30. The standard InChI is InChI=1S/C15H20BrNO/c16-11-13-3-1-2-4-14(13)17-8-5-15(12-17)6-9-18-10-7-15/h1-4H,5-12H2. The van der Waals surface area contributed by atoms with Crippen LogP contribution in [0.4, 0.5) is 5.69 Å². The van der Waals surface area contributed by atoms with Gasteiger partial charge in [0, 0.05) is 37.3 Å². The summed E-state index contributed by atoms with van der Waals surface area (Å²) in [4.78, 5) is 2.57. The van der Waals surface area contributed by atoms with Crippen molar-refractivity contribution in [1.82, 2.24) is 0 Å². The van der Waals surface area contributed by atoms with Gasteiger partial charge >= 0.3 is 0 Å². The normalized spacial score (nSPS) is 22.6. The van der Waals surface area contributed by atoms with Crippen LogP contribution in [0.15, 0.2) is 24.3 Å². The lowest BCUT2D eigenvalue weighted by Crippen LogP contribution is -2.33. The van der Waals surface area contributed by atoms with Crippen LogP contribution >= 0.6 is 15.9 Å². The van der Waals surface area contributed by atoms with E-state index in [1.807, 2.05) is 0 Å². The van der Waals surface area contributed by atoms with E-state index in [9.17, 15) is 0 Å². The summed E-state index contributed by atoms with van der Waals surface area (Å²) in [5.41, 5.74) is 3.34. The second-order valence-corrected chi connectivity index (χ2v) is 6.11. The summed E-state index contributed by atoms with van der Waals surface area (Å²) < 4.78 is 5.52. The van der Waals surface area contributed by atoms with E-state index in [1.54, 1.807) is 0 Å². The molecular formula is C15H20BrNO. The van der Waals surface area contributed by atoms with Crippen molar-refractivity contribution in [3.63, 3.8) is 0 Å². The van der Waals surface area contributed by atoms with Crippen LogP contribution in [-0.2, 0) is 10.1 Å². The molecule has 2 aliphatic rings. The van der Waals surface area contributed by atoms with E-state index in [1.165, 1.54) is 43.6 Å². The highest BCUT2D eigenvalue weighted by molar-refractivity contribution is 9.08. The second-order valence-electron chi connectivity index (χ2n) is 5.55. The van der Waals surface area contributed by atoms with Crippen LogP contribution in [0.25, 0.3) is 0 Å². The lowest BCUT2D eigenvalue weighted by atomic mass is 9.80. The van der Waals surface area contributed by atoms with Gasteiger partial charge in [-0.1, -0.05) is 34.1 Å². The molecule has 0 atom stereocenters. The van der Waals surface area contributed by atoms with E-state index in [0.717, 1.165) is 18.5 Å². The number of benzene rings is 1. The molecule has 0 bridgehead atoms. The van der Waals surface area contributed by atoms with Crippen molar-refractivity contribution in [3.05, 3.63) is 29.8 Å². The summed E-state index contributed by atoms with van der Waals surface area (Å²) in [5.74, 6) is 0. The fourth-order valence-electron chi connectivity index (χ4n) is 3.29. The zero-order chi connectivity index (χ0) is 12.4. The Morgan fingerprint density at radius 1 is 1.17 bits per heavy atom. The van der Waals surface area contributed by atoms with Gasteiger partial charge in [0.25, 0.3) is 0 Å². The number of para-hydroxylation sites is 1. The van der Waals surface area contributed by atoms with E-state index < -0.39 is 0 Å². The van der Waals surface area contributed by atoms with Gasteiger partial charge in [-0.15, -0.1) is 0 Å². The Morgan fingerprint density at radius 2 is 1.94 bits per heavy atom. The molecule has 0 radical (unpaired) electrons.